The van der Waals surface area contributed by atoms with Crippen LogP contribution in [0.1, 0.15) is 63.7 Å². The van der Waals surface area contributed by atoms with Gasteiger partial charge in [0.1, 0.15) is 0 Å². The van der Waals surface area contributed by atoms with Crippen molar-refractivity contribution in [1.82, 2.24) is 0 Å². The molecule has 0 heterocycles. The summed E-state index contributed by atoms with van der Waals surface area (Å²) in [5.74, 6) is 0. The summed E-state index contributed by atoms with van der Waals surface area (Å²) in [7, 11) is 0. The molecular formula is C12H31AlLi2. The molecule has 0 aliphatic rings. The van der Waals surface area contributed by atoms with Crippen LogP contribution in [0.3, 0.4) is 0 Å². The van der Waals surface area contributed by atoms with Crippen LogP contribution in [-0.4, -0.2) is 51.9 Å². The molecule has 0 aliphatic heterocycles. The average Bonchev–Trinajstić information content (AvgIpc) is 1.44. The Morgan fingerprint density at radius 2 is 0.667 bits per heavy atom. The number of hydrogen-bond donors (Lipinski definition) is 0. The predicted molar refractivity (Wildman–Crippen MR) is 81.3 cm³/mol. The summed E-state index contributed by atoms with van der Waals surface area (Å²) in [4.78, 5) is 0. The van der Waals surface area contributed by atoms with Crippen molar-refractivity contribution in [3.63, 3.8) is 0 Å². The van der Waals surface area contributed by atoms with E-state index < -0.39 is 14.1 Å². The fourth-order valence-corrected chi connectivity index (χ4v) is 11.7. The van der Waals surface area contributed by atoms with Crippen molar-refractivity contribution in [2.24, 2.45) is 0 Å². The van der Waals surface area contributed by atoms with Gasteiger partial charge in [0, 0.05) is 1.43 Å². The van der Waals surface area contributed by atoms with E-state index in [2.05, 4.69) is 62.3 Å². The van der Waals surface area contributed by atoms with E-state index in [1.165, 1.54) is 0 Å². The van der Waals surface area contributed by atoms with Gasteiger partial charge < -0.3 is 0 Å². The van der Waals surface area contributed by atoms with Gasteiger partial charge in [0.2, 0.25) is 0 Å². The van der Waals surface area contributed by atoms with Crippen LogP contribution in [0.15, 0.2) is 0 Å². The average molecular weight is 216 g/mol. The van der Waals surface area contributed by atoms with E-state index in [0.29, 0.717) is 12.8 Å². The summed E-state index contributed by atoms with van der Waals surface area (Å²) in [5.41, 5.74) is 0. The molecule has 0 bridgehead atoms. The second kappa shape index (κ2) is 6.60. The van der Waals surface area contributed by atoms with Crippen molar-refractivity contribution in [2.45, 2.75) is 75.1 Å². The van der Waals surface area contributed by atoms with E-state index in [0.717, 1.165) is 0 Å². The Labute approximate surface area is 128 Å². The molecular weight excluding hydrogens is 185 g/mol. The third kappa shape index (κ3) is 7.62. The van der Waals surface area contributed by atoms with Crippen molar-refractivity contribution in [3.05, 3.63) is 0 Å². The molecule has 0 fully saturated rings. The summed E-state index contributed by atoms with van der Waals surface area (Å²) >= 11 is -0.799. The molecule has 0 amide bonds. The normalized spacial score (nSPS) is 12.6. The molecule has 0 spiro atoms. The topological polar surface area (TPSA) is 0 Å². The third-order valence-electron chi connectivity index (χ3n) is 2.60. The summed E-state index contributed by atoms with van der Waals surface area (Å²) < 4.78 is 1.57. The SMILES string of the molecule is C[C](C)(C)[Al]([C](C)(C)C)[C](C)(C)C.[HH].[LiH].[LiH]. The molecule has 0 rings (SSSR count). The van der Waals surface area contributed by atoms with Crippen LogP contribution < -0.4 is 0 Å². The summed E-state index contributed by atoms with van der Waals surface area (Å²) in [6.07, 6.45) is 0. The Balaban J connectivity index is -0.000000240. The summed E-state index contributed by atoms with van der Waals surface area (Å²) in [6.45, 7) is 21.8. The minimum absolute atomic E-state index is 0. The molecule has 0 radical (unpaired) electrons. The molecule has 0 saturated carbocycles. The first-order chi connectivity index (χ1) is 5.37. The van der Waals surface area contributed by atoms with Crippen molar-refractivity contribution in [1.29, 1.82) is 0 Å². The predicted octanol–water partition coefficient (Wildman–Crippen LogP) is 3.83. The summed E-state index contributed by atoms with van der Waals surface area (Å²) in [5, 5.41) is 0. The molecule has 3 heteroatoms. The van der Waals surface area contributed by atoms with Crippen LogP contribution in [0.2, 0.25) is 12.8 Å². The maximum absolute atomic E-state index is 2.42. The molecule has 0 unspecified atom stereocenters. The molecule has 0 N–H and O–H groups in total. The zero-order valence-corrected chi connectivity index (χ0v) is 12.2. The Bertz CT molecular complexity index is 142. The van der Waals surface area contributed by atoms with Gasteiger partial charge in [-0.25, -0.2) is 0 Å². The third-order valence-corrected chi connectivity index (χ3v) is 7.79. The van der Waals surface area contributed by atoms with Crippen LogP contribution in [-0.2, 0) is 0 Å². The van der Waals surface area contributed by atoms with Gasteiger partial charge in [-0.05, 0) is 0 Å². The van der Waals surface area contributed by atoms with Gasteiger partial charge in [0.15, 0.2) is 0 Å². The molecule has 0 saturated heterocycles. The van der Waals surface area contributed by atoms with Gasteiger partial charge in [-0.15, -0.1) is 0 Å². The second-order valence-electron chi connectivity index (χ2n) is 7.53. The van der Waals surface area contributed by atoms with Gasteiger partial charge in [0.25, 0.3) is 14.1 Å². The standard InChI is InChI=1S/3C4H9.Al.2Li.H2.2H/c3*1-4(2)3;;;;;;/h3*1-3H3;;;;1H;;. The Hall–Kier alpha value is 1.73. The van der Waals surface area contributed by atoms with Crippen molar-refractivity contribution >= 4 is 51.9 Å². The van der Waals surface area contributed by atoms with E-state index in [9.17, 15) is 0 Å². The van der Waals surface area contributed by atoms with Crippen LogP contribution in [0.5, 0.6) is 0 Å². The van der Waals surface area contributed by atoms with Crippen LogP contribution >= 0.6 is 0 Å². The van der Waals surface area contributed by atoms with E-state index in [1.54, 1.807) is 0 Å². The summed E-state index contributed by atoms with van der Waals surface area (Å²) in [6, 6.07) is 0. The molecule has 0 aromatic heterocycles. The number of hydrogen-bond acceptors (Lipinski definition) is 0. The van der Waals surface area contributed by atoms with Crippen molar-refractivity contribution in [2.75, 3.05) is 0 Å². The van der Waals surface area contributed by atoms with Crippen LogP contribution in [0.25, 0.3) is 0 Å². The maximum atomic E-state index is 2.42. The molecule has 15 heavy (non-hydrogen) atoms. The zero-order valence-electron chi connectivity index (χ0n) is 11.1. The van der Waals surface area contributed by atoms with E-state index in [-0.39, 0.29) is 39.1 Å². The number of rotatable bonds is 0. The van der Waals surface area contributed by atoms with E-state index >= 15 is 0 Å². The Morgan fingerprint density at radius 3 is 0.667 bits per heavy atom. The first-order valence-corrected chi connectivity index (χ1v) is 7.10. The minimum atomic E-state index is -0.799. The molecule has 84 valence electrons. The van der Waals surface area contributed by atoms with Gasteiger partial charge in [0.05, 0.1) is 0 Å². The molecule has 0 nitrogen and oxygen atoms in total. The molecule has 0 aromatic rings. The first kappa shape index (κ1) is 22.0. The van der Waals surface area contributed by atoms with Gasteiger partial charge in [-0.1, -0.05) is 75.1 Å². The van der Waals surface area contributed by atoms with E-state index in [4.69, 9.17) is 0 Å². The van der Waals surface area contributed by atoms with E-state index in [1.807, 2.05) is 0 Å². The molecule has 0 aromatic carbocycles. The van der Waals surface area contributed by atoms with Crippen molar-refractivity contribution < 1.29 is 1.43 Å². The Kier molecular flexibility index (Phi) is 9.67. The zero-order chi connectivity index (χ0) is 11.1. The fourth-order valence-electron chi connectivity index (χ4n) is 3.90. The quantitative estimate of drug-likeness (QED) is 0.540. The van der Waals surface area contributed by atoms with Gasteiger partial charge in [-0.3, -0.25) is 0 Å². The van der Waals surface area contributed by atoms with Gasteiger partial charge >= 0.3 is 37.7 Å². The second-order valence-corrected chi connectivity index (χ2v) is 13.6. The monoisotopic (exact) mass is 216 g/mol. The fraction of sp³-hybridized carbons (Fsp3) is 1.00. The molecule has 0 atom stereocenters. The molecule has 0 aliphatic carbocycles. The Morgan fingerprint density at radius 1 is 0.533 bits per heavy atom. The van der Waals surface area contributed by atoms with Crippen LogP contribution in [0, 0.1) is 0 Å². The van der Waals surface area contributed by atoms with Gasteiger partial charge in [-0.2, -0.15) is 0 Å². The van der Waals surface area contributed by atoms with Crippen molar-refractivity contribution in [3.8, 4) is 0 Å². The first-order valence-electron chi connectivity index (χ1n) is 5.37. The van der Waals surface area contributed by atoms with Crippen LogP contribution in [0.4, 0.5) is 0 Å².